The average Bonchev–Trinajstić information content (AvgIpc) is 2.71. The molecule has 3 rings (SSSR count). The third kappa shape index (κ3) is 6.11. The van der Waals surface area contributed by atoms with Crippen LogP contribution in [0.1, 0.15) is 83.1 Å². The van der Waals surface area contributed by atoms with E-state index >= 15 is 0 Å². The lowest BCUT2D eigenvalue weighted by atomic mass is 9.85. The van der Waals surface area contributed by atoms with Crippen LogP contribution < -0.4 is 0 Å². The molecule has 0 atom stereocenters. The molecule has 1 saturated heterocycles. The van der Waals surface area contributed by atoms with Gasteiger partial charge in [-0.3, -0.25) is 0 Å². The molecule has 0 amide bonds. The second kappa shape index (κ2) is 10.8. The Bertz CT molecular complexity index is 579. The zero-order valence-electron chi connectivity index (χ0n) is 17.5. The summed E-state index contributed by atoms with van der Waals surface area (Å²) in [6.07, 6.45) is 15.8. The Balaban J connectivity index is 1.36. The van der Waals surface area contributed by atoms with Crippen LogP contribution >= 0.6 is 0 Å². The number of hydrogen-bond donors (Lipinski definition) is 0. The van der Waals surface area contributed by atoms with Crippen molar-refractivity contribution in [3.05, 3.63) is 35.1 Å². The van der Waals surface area contributed by atoms with Crippen molar-refractivity contribution >= 4 is 8.80 Å². The maximum absolute atomic E-state index is 13.4. The Morgan fingerprint density at radius 2 is 1.43 bits per heavy atom. The van der Waals surface area contributed by atoms with E-state index in [1.807, 2.05) is 0 Å². The van der Waals surface area contributed by atoms with E-state index in [0.717, 1.165) is 30.0 Å². The molecule has 0 bridgehead atoms. The van der Waals surface area contributed by atoms with Crippen molar-refractivity contribution in [2.45, 2.75) is 102 Å². The second-order valence-corrected chi connectivity index (χ2v) is 13.1. The molecule has 0 unspecified atom stereocenters. The van der Waals surface area contributed by atoms with E-state index < -0.39 is 26.2 Å². The molecule has 2 fully saturated rings. The van der Waals surface area contributed by atoms with Crippen LogP contribution in [0.25, 0.3) is 0 Å². The van der Waals surface area contributed by atoms with Gasteiger partial charge in [0.2, 0.25) is 0 Å². The zero-order valence-corrected chi connectivity index (χ0v) is 18.7. The lowest BCUT2D eigenvalue weighted by molar-refractivity contribution is 0.323. The monoisotopic (exact) mass is 410 g/mol. The van der Waals surface area contributed by atoms with Crippen molar-refractivity contribution in [3.8, 4) is 0 Å². The Morgan fingerprint density at radius 3 is 2.04 bits per heavy atom. The third-order valence-electron chi connectivity index (χ3n) is 7.55. The van der Waals surface area contributed by atoms with Crippen LogP contribution in [-0.2, 0) is 6.42 Å². The molecule has 4 heteroatoms. The molecular weight excluding hydrogens is 373 g/mol. The Hall–Kier alpha value is -0.773. The fourth-order valence-corrected chi connectivity index (χ4v) is 10.1. The molecular formula is C24H37F3Si. The summed E-state index contributed by atoms with van der Waals surface area (Å²) >= 11 is 0. The van der Waals surface area contributed by atoms with Crippen molar-refractivity contribution in [1.29, 1.82) is 0 Å². The fourth-order valence-electron chi connectivity index (χ4n) is 5.70. The van der Waals surface area contributed by atoms with Gasteiger partial charge in [0.1, 0.15) is 0 Å². The molecule has 1 aromatic rings. The van der Waals surface area contributed by atoms with Crippen molar-refractivity contribution in [1.82, 2.24) is 0 Å². The summed E-state index contributed by atoms with van der Waals surface area (Å²) in [5, 5.41) is 0. The summed E-state index contributed by atoms with van der Waals surface area (Å²) in [5.74, 6) is -1.78. The van der Waals surface area contributed by atoms with E-state index in [4.69, 9.17) is 0 Å². The van der Waals surface area contributed by atoms with Gasteiger partial charge in [-0.2, -0.15) is 0 Å². The lowest BCUT2D eigenvalue weighted by Gasteiger charge is -2.37. The highest BCUT2D eigenvalue weighted by molar-refractivity contribution is 6.60. The van der Waals surface area contributed by atoms with Crippen LogP contribution in [0.3, 0.4) is 0 Å². The summed E-state index contributed by atoms with van der Waals surface area (Å²) in [7, 11) is -0.598. The first-order chi connectivity index (χ1) is 13.6. The number of aryl methyl sites for hydroxylation is 1. The van der Waals surface area contributed by atoms with Gasteiger partial charge in [-0.1, -0.05) is 83.2 Å². The van der Waals surface area contributed by atoms with Crippen molar-refractivity contribution in [2.24, 2.45) is 11.8 Å². The van der Waals surface area contributed by atoms with Gasteiger partial charge in [-0.15, -0.1) is 0 Å². The first kappa shape index (κ1) is 21.9. The molecule has 0 spiro atoms. The number of benzene rings is 1. The molecule has 1 aliphatic heterocycles. The molecule has 2 aliphatic rings. The predicted octanol–water partition coefficient (Wildman–Crippen LogP) is 7.81. The quantitative estimate of drug-likeness (QED) is 0.233. The minimum atomic E-state index is -1.35. The van der Waals surface area contributed by atoms with Gasteiger partial charge in [0.05, 0.1) is 0 Å². The molecule has 0 N–H and O–H groups in total. The second-order valence-electron chi connectivity index (χ2n) is 9.47. The van der Waals surface area contributed by atoms with Gasteiger partial charge in [0.25, 0.3) is 0 Å². The van der Waals surface area contributed by atoms with Gasteiger partial charge in [0, 0.05) is 8.80 Å². The first-order valence-corrected chi connectivity index (χ1v) is 14.0. The Labute approximate surface area is 170 Å². The smallest absolute Gasteiger partial charge is 0.194 e. The van der Waals surface area contributed by atoms with E-state index in [1.54, 1.807) is 0 Å². The van der Waals surface area contributed by atoms with Crippen LogP contribution in [0.5, 0.6) is 0 Å². The van der Waals surface area contributed by atoms with E-state index in [9.17, 15) is 13.2 Å². The summed E-state index contributed by atoms with van der Waals surface area (Å²) in [6.45, 7) is 2.29. The Morgan fingerprint density at radius 1 is 0.821 bits per heavy atom. The molecule has 1 aromatic carbocycles. The number of unbranched alkanes of at least 4 members (excludes halogenated alkanes) is 2. The first-order valence-electron chi connectivity index (χ1n) is 11.7. The van der Waals surface area contributed by atoms with Gasteiger partial charge < -0.3 is 0 Å². The van der Waals surface area contributed by atoms with Crippen molar-refractivity contribution in [2.75, 3.05) is 0 Å². The highest BCUT2D eigenvalue weighted by Gasteiger charge is 2.31. The third-order valence-corrected chi connectivity index (χ3v) is 11.7. The van der Waals surface area contributed by atoms with Crippen LogP contribution in [0.2, 0.25) is 17.6 Å². The molecule has 158 valence electrons. The van der Waals surface area contributed by atoms with Gasteiger partial charge >= 0.3 is 0 Å². The van der Waals surface area contributed by atoms with Crippen LogP contribution in [0, 0.1) is 29.3 Å². The maximum atomic E-state index is 13.4. The molecule has 1 saturated carbocycles. The van der Waals surface area contributed by atoms with Gasteiger partial charge in [-0.05, 0) is 47.9 Å². The lowest BCUT2D eigenvalue weighted by Crippen LogP contribution is -2.29. The molecule has 0 nitrogen and oxygen atoms in total. The average molecular weight is 411 g/mol. The van der Waals surface area contributed by atoms with Gasteiger partial charge in [0.15, 0.2) is 17.5 Å². The summed E-state index contributed by atoms with van der Waals surface area (Å²) in [5.41, 5.74) is 1.67. The van der Waals surface area contributed by atoms with E-state index in [2.05, 4.69) is 6.92 Å². The summed E-state index contributed by atoms with van der Waals surface area (Å²) in [6, 6.07) is 5.25. The Kier molecular flexibility index (Phi) is 8.49. The minimum Gasteiger partial charge on any atom is -0.204 e. The van der Waals surface area contributed by atoms with E-state index in [1.165, 1.54) is 76.3 Å². The standard InChI is InChI=1S/C24H37F3Si/c1-2-3-4-5-18-8-10-21(11-9-18)28-14-12-19(13-15-28)6-7-20-16-22(25)24(27)23(26)17-20/h16-19,21,28H,2-15H2,1H3. The molecule has 0 radical (unpaired) electrons. The van der Waals surface area contributed by atoms with Crippen LogP contribution in [-0.4, -0.2) is 8.80 Å². The van der Waals surface area contributed by atoms with Gasteiger partial charge in [-0.25, -0.2) is 13.2 Å². The molecule has 1 heterocycles. The normalized spacial score (nSPS) is 28.4. The van der Waals surface area contributed by atoms with E-state index in [-0.39, 0.29) is 0 Å². The number of hydrogen-bond acceptors (Lipinski definition) is 0. The molecule has 1 aliphatic carbocycles. The van der Waals surface area contributed by atoms with Crippen molar-refractivity contribution < 1.29 is 13.2 Å². The molecule has 28 heavy (non-hydrogen) atoms. The zero-order chi connectivity index (χ0) is 19.9. The highest BCUT2D eigenvalue weighted by Crippen LogP contribution is 2.42. The summed E-state index contributed by atoms with van der Waals surface area (Å²) in [4.78, 5) is 0. The number of halogens is 3. The van der Waals surface area contributed by atoms with E-state index in [0.29, 0.717) is 17.9 Å². The maximum Gasteiger partial charge on any atom is 0.194 e. The largest absolute Gasteiger partial charge is 0.204 e. The van der Waals surface area contributed by atoms with Crippen LogP contribution in [0.15, 0.2) is 12.1 Å². The summed E-state index contributed by atoms with van der Waals surface area (Å²) < 4.78 is 39.8. The SMILES string of the molecule is CCCCCC1CCC([SiH]2CCC(CCc3cc(F)c(F)c(F)c3)CC2)CC1. The number of rotatable bonds is 8. The van der Waals surface area contributed by atoms with Crippen molar-refractivity contribution in [3.63, 3.8) is 0 Å². The van der Waals surface area contributed by atoms with Crippen LogP contribution in [0.4, 0.5) is 13.2 Å². The topological polar surface area (TPSA) is 0 Å². The molecule has 0 aromatic heterocycles. The predicted molar refractivity (Wildman–Crippen MR) is 114 cm³/mol. The minimum absolute atomic E-state index is 0.595. The highest BCUT2D eigenvalue weighted by atomic mass is 28.3. The fraction of sp³-hybridized carbons (Fsp3) is 0.750.